The number of carbonyl (C=O) groups is 1. The molecule has 0 saturated heterocycles. The van der Waals surface area contributed by atoms with E-state index < -0.39 is 0 Å². The number of hydrogen-bond donors (Lipinski definition) is 0. The lowest BCUT2D eigenvalue weighted by atomic mass is 10.2. The van der Waals surface area contributed by atoms with E-state index in [1.165, 1.54) is 0 Å². The highest BCUT2D eigenvalue weighted by atomic mass is 35.5. The van der Waals surface area contributed by atoms with Crippen LogP contribution >= 0.6 is 23.2 Å². The van der Waals surface area contributed by atoms with Crippen LogP contribution in [0.1, 0.15) is 0 Å². The third-order valence-corrected chi connectivity index (χ3v) is 4.19. The smallest absolute Gasteiger partial charge is 0.269 e. The minimum Gasteiger partial charge on any atom is -0.269 e. The van der Waals surface area contributed by atoms with Crippen LogP contribution in [0.4, 0.5) is 4.79 Å². The van der Waals surface area contributed by atoms with E-state index in [1.54, 1.807) is 33.7 Å². The summed E-state index contributed by atoms with van der Waals surface area (Å²) in [5.41, 5.74) is 1.65. The van der Waals surface area contributed by atoms with Crippen molar-refractivity contribution in [3.63, 3.8) is 0 Å². The average Bonchev–Trinajstić information content (AvgIpc) is 3.09. The molecule has 0 radical (unpaired) electrons. The standard InChI is InChI=1S/C17H10Cl2N2O/c18-13-1-3-15-11(9-13)5-7-20(15)17(22)21-8-6-12-10-14(19)2-4-16(12)21/h1-10H. The third-order valence-electron chi connectivity index (χ3n) is 3.72. The van der Waals surface area contributed by atoms with E-state index in [1.807, 2.05) is 36.4 Å². The molecule has 0 aliphatic rings. The summed E-state index contributed by atoms with van der Waals surface area (Å²) in [4.78, 5) is 12.8. The van der Waals surface area contributed by atoms with Gasteiger partial charge in [0.15, 0.2) is 0 Å². The molecule has 2 aromatic carbocycles. The number of benzene rings is 2. The van der Waals surface area contributed by atoms with E-state index in [2.05, 4.69) is 0 Å². The molecule has 0 bridgehead atoms. The maximum absolute atomic E-state index is 12.8. The third kappa shape index (κ3) is 2.02. The van der Waals surface area contributed by atoms with Gasteiger partial charge in [0, 0.05) is 33.2 Å². The van der Waals surface area contributed by atoms with E-state index >= 15 is 0 Å². The Balaban J connectivity index is 1.88. The van der Waals surface area contributed by atoms with E-state index in [4.69, 9.17) is 23.2 Å². The molecule has 0 spiro atoms. The summed E-state index contributed by atoms with van der Waals surface area (Å²) in [6, 6.07) is 14.5. The second-order valence-corrected chi connectivity index (χ2v) is 5.93. The minimum atomic E-state index is -0.144. The monoisotopic (exact) mass is 328 g/mol. The van der Waals surface area contributed by atoms with Crippen LogP contribution in [-0.4, -0.2) is 15.2 Å². The number of nitrogens with zero attached hydrogens (tertiary/aromatic N) is 2. The number of hydrogen-bond acceptors (Lipinski definition) is 1. The summed E-state index contributed by atoms with van der Waals surface area (Å²) in [5, 5.41) is 3.17. The van der Waals surface area contributed by atoms with Crippen molar-refractivity contribution in [1.82, 2.24) is 9.13 Å². The van der Waals surface area contributed by atoms with Gasteiger partial charge in [-0.2, -0.15) is 0 Å². The van der Waals surface area contributed by atoms with Gasteiger partial charge in [-0.05, 0) is 48.5 Å². The van der Waals surface area contributed by atoms with Crippen molar-refractivity contribution in [3.8, 4) is 0 Å². The molecular weight excluding hydrogens is 319 g/mol. The Morgan fingerprint density at radius 3 is 1.64 bits per heavy atom. The normalized spacial score (nSPS) is 11.4. The first-order valence-electron chi connectivity index (χ1n) is 6.71. The molecule has 4 aromatic rings. The number of aromatic nitrogens is 2. The topological polar surface area (TPSA) is 26.9 Å². The van der Waals surface area contributed by atoms with Gasteiger partial charge in [-0.1, -0.05) is 23.2 Å². The summed E-state index contributed by atoms with van der Waals surface area (Å²) in [6.07, 6.45) is 3.51. The van der Waals surface area contributed by atoms with Gasteiger partial charge in [0.1, 0.15) is 0 Å². The fourth-order valence-electron chi connectivity index (χ4n) is 2.68. The maximum Gasteiger partial charge on any atom is 0.337 e. The van der Waals surface area contributed by atoms with Gasteiger partial charge < -0.3 is 0 Å². The van der Waals surface area contributed by atoms with Gasteiger partial charge in [-0.25, -0.2) is 4.79 Å². The van der Waals surface area contributed by atoms with Crippen molar-refractivity contribution < 1.29 is 4.79 Å². The van der Waals surface area contributed by atoms with E-state index in [0.29, 0.717) is 10.0 Å². The minimum absolute atomic E-state index is 0.144. The summed E-state index contributed by atoms with van der Waals surface area (Å²) in [5.74, 6) is 0. The quantitative estimate of drug-likeness (QED) is 0.423. The summed E-state index contributed by atoms with van der Waals surface area (Å²) < 4.78 is 3.22. The van der Waals surface area contributed by atoms with Gasteiger partial charge in [0.25, 0.3) is 0 Å². The van der Waals surface area contributed by atoms with Crippen LogP contribution in [0.3, 0.4) is 0 Å². The first-order chi connectivity index (χ1) is 10.6. The number of fused-ring (bicyclic) bond motifs is 2. The van der Waals surface area contributed by atoms with Crippen LogP contribution < -0.4 is 0 Å². The summed E-state index contributed by atoms with van der Waals surface area (Å²) in [6.45, 7) is 0. The van der Waals surface area contributed by atoms with Crippen LogP contribution in [-0.2, 0) is 0 Å². The Labute approximate surface area is 136 Å². The first-order valence-corrected chi connectivity index (χ1v) is 7.47. The molecule has 4 rings (SSSR count). The lowest BCUT2D eigenvalue weighted by Gasteiger charge is -2.07. The maximum atomic E-state index is 12.8. The molecule has 2 aromatic heterocycles. The Kier molecular flexibility index (Phi) is 2.99. The van der Waals surface area contributed by atoms with Gasteiger partial charge in [0.05, 0.1) is 11.0 Å². The zero-order valence-corrected chi connectivity index (χ0v) is 12.8. The molecule has 3 nitrogen and oxygen atoms in total. The molecule has 2 heterocycles. The summed E-state index contributed by atoms with van der Waals surface area (Å²) in [7, 11) is 0. The molecule has 0 aliphatic carbocycles. The molecule has 0 saturated carbocycles. The fraction of sp³-hybridized carbons (Fsp3) is 0. The van der Waals surface area contributed by atoms with Crippen molar-refractivity contribution in [3.05, 3.63) is 71.0 Å². The highest BCUT2D eigenvalue weighted by Crippen LogP contribution is 2.24. The molecule has 0 unspecified atom stereocenters. The fourth-order valence-corrected chi connectivity index (χ4v) is 3.04. The predicted molar refractivity (Wildman–Crippen MR) is 90.1 cm³/mol. The van der Waals surface area contributed by atoms with Crippen molar-refractivity contribution in [2.24, 2.45) is 0 Å². The van der Waals surface area contributed by atoms with Gasteiger partial charge >= 0.3 is 6.03 Å². The van der Waals surface area contributed by atoms with Crippen LogP contribution in [0.15, 0.2) is 60.9 Å². The molecule has 5 heteroatoms. The van der Waals surface area contributed by atoms with Crippen LogP contribution in [0.25, 0.3) is 21.8 Å². The number of carbonyl (C=O) groups excluding carboxylic acids is 1. The highest BCUT2D eigenvalue weighted by Gasteiger charge is 2.13. The molecular formula is C17H10Cl2N2O. The Bertz CT molecular complexity index is 948. The van der Waals surface area contributed by atoms with Crippen LogP contribution in [0.5, 0.6) is 0 Å². The van der Waals surface area contributed by atoms with Gasteiger partial charge in [-0.3, -0.25) is 9.13 Å². The molecule has 0 amide bonds. The van der Waals surface area contributed by atoms with Crippen LogP contribution in [0, 0.1) is 0 Å². The van der Waals surface area contributed by atoms with E-state index in [9.17, 15) is 4.79 Å². The first kappa shape index (κ1) is 13.4. The SMILES string of the molecule is O=C(n1ccc2cc(Cl)ccc21)n1ccc2cc(Cl)ccc21. The van der Waals surface area contributed by atoms with Gasteiger partial charge in [0.2, 0.25) is 0 Å². The van der Waals surface area contributed by atoms with E-state index in [0.717, 1.165) is 21.8 Å². The van der Waals surface area contributed by atoms with Crippen LogP contribution in [0.2, 0.25) is 10.0 Å². The predicted octanol–water partition coefficient (Wildman–Crippen LogP) is 5.42. The lowest BCUT2D eigenvalue weighted by molar-refractivity contribution is 0.245. The van der Waals surface area contributed by atoms with Crippen molar-refractivity contribution in [2.75, 3.05) is 0 Å². The zero-order valence-electron chi connectivity index (χ0n) is 11.3. The average molecular weight is 329 g/mol. The Morgan fingerprint density at radius 1 is 0.727 bits per heavy atom. The molecule has 0 N–H and O–H groups in total. The van der Waals surface area contributed by atoms with Crippen molar-refractivity contribution in [2.45, 2.75) is 0 Å². The second-order valence-electron chi connectivity index (χ2n) is 5.06. The largest absolute Gasteiger partial charge is 0.337 e. The highest BCUT2D eigenvalue weighted by molar-refractivity contribution is 6.31. The molecule has 0 aliphatic heterocycles. The molecule has 0 fully saturated rings. The van der Waals surface area contributed by atoms with E-state index in [-0.39, 0.29) is 6.03 Å². The lowest BCUT2D eigenvalue weighted by Crippen LogP contribution is -2.17. The van der Waals surface area contributed by atoms with Crippen molar-refractivity contribution in [1.29, 1.82) is 0 Å². The Morgan fingerprint density at radius 2 is 1.18 bits per heavy atom. The number of rotatable bonds is 0. The Hall–Kier alpha value is -2.23. The molecule has 108 valence electrons. The number of halogens is 2. The van der Waals surface area contributed by atoms with Gasteiger partial charge in [-0.15, -0.1) is 0 Å². The second kappa shape index (κ2) is 4.90. The molecule has 0 atom stereocenters. The van der Waals surface area contributed by atoms with Crippen molar-refractivity contribution >= 4 is 51.0 Å². The molecule has 22 heavy (non-hydrogen) atoms. The summed E-state index contributed by atoms with van der Waals surface area (Å²) >= 11 is 12.0. The zero-order chi connectivity index (χ0) is 15.3.